The van der Waals surface area contributed by atoms with Crippen molar-refractivity contribution in [2.75, 3.05) is 12.4 Å². The molecule has 0 radical (unpaired) electrons. The van der Waals surface area contributed by atoms with Crippen LogP contribution in [-0.2, 0) is 9.59 Å². The van der Waals surface area contributed by atoms with Crippen LogP contribution in [0.1, 0.15) is 12.8 Å². The first-order valence-corrected chi connectivity index (χ1v) is 6.12. The quantitative estimate of drug-likeness (QED) is 0.845. The first-order chi connectivity index (χ1) is 8.49. The van der Waals surface area contributed by atoms with Gasteiger partial charge in [0.15, 0.2) is 0 Å². The van der Waals surface area contributed by atoms with Gasteiger partial charge in [-0.3, -0.25) is 14.5 Å². The molecule has 0 aromatic carbocycles. The highest BCUT2D eigenvalue weighted by molar-refractivity contribution is 6.36. The second-order valence-corrected chi connectivity index (χ2v) is 4.85. The topological polar surface area (TPSA) is 62.3 Å². The lowest BCUT2D eigenvalue weighted by Gasteiger charge is -2.28. The molecule has 1 aromatic heterocycles. The molecule has 1 unspecified atom stereocenters. The van der Waals surface area contributed by atoms with Gasteiger partial charge >= 0.3 is 0 Å². The zero-order valence-electron chi connectivity index (χ0n) is 9.61. The number of hydrogen-bond donors (Lipinski definition) is 1. The Balaban J connectivity index is 2.14. The third-order valence-corrected chi connectivity index (χ3v) is 3.26. The summed E-state index contributed by atoms with van der Waals surface area (Å²) >= 11 is 11.7. The molecular weight excluding hydrogens is 277 g/mol. The standard InChI is InChI=1S/C11H11Cl2N3O2/c1-16-9(17)3-2-8(11(16)18)15-10-7(13)4-6(12)5-14-10/h4-5,8H,2-3H2,1H3,(H,14,15). The average Bonchev–Trinajstić information content (AvgIpc) is 2.33. The van der Waals surface area contributed by atoms with Gasteiger partial charge < -0.3 is 5.32 Å². The molecule has 5 nitrogen and oxygen atoms in total. The van der Waals surface area contributed by atoms with Crippen molar-refractivity contribution in [3.63, 3.8) is 0 Å². The molecule has 0 bridgehead atoms. The van der Waals surface area contributed by atoms with Crippen LogP contribution >= 0.6 is 23.2 Å². The molecule has 2 amide bonds. The molecule has 1 aromatic rings. The Labute approximate surface area is 114 Å². The van der Waals surface area contributed by atoms with E-state index in [1.807, 2.05) is 0 Å². The fourth-order valence-electron chi connectivity index (χ4n) is 1.74. The Morgan fingerprint density at radius 1 is 1.44 bits per heavy atom. The minimum Gasteiger partial charge on any atom is -0.357 e. The van der Waals surface area contributed by atoms with Crippen LogP contribution in [0, 0.1) is 0 Å². The van der Waals surface area contributed by atoms with Crippen LogP contribution in [0.25, 0.3) is 0 Å². The number of rotatable bonds is 2. The predicted octanol–water partition coefficient (Wildman–Crippen LogP) is 1.95. The van der Waals surface area contributed by atoms with Crippen molar-refractivity contribution in [3.8, 4) is 0 Å². The minimum atomic E-state index is -0.487. The van der Waals surface area contributed by atoms with E-state index in [4.69, 9.17) is 23.2 Å². The number of nitrogens with zero attached hydrogens (tertiary/aromatic N) is 2. The van der Waals surface area contributed by atoms with E-state index in [1.54, 1.807) is 6.07 Å². The van der Waals surface area contributed by atoms with Gasteiger partial charge in [0.1, 0.15) is 11.9 Å². The molecule has 0 spiro atoms. The number of pyridine rings is 1. The van der Waals surface area contributed by atoms with Crippen molar-refractivity contribution < 1.29 is 9.59 Å². The summed E-state index contributed by atoms with van der Waals surface area (Å²) in [6.45, 7) is 0. The lowest BCUT2D eigenvalue weighted by molar-refractivity contribution is -0.146. The van der Waals surface area contributed by atoms with E-state index in [9.17, 15) is 9.59 Å². The monoisotopic (exact) mass is 287 g/mol. The van der Waals surface area contributed by atoms with E-state index in [1.165, 1.54) is 13.2 Å². The van der Waals surface area contributed by atoms with Crippen LogP contribution in [0.3, 0.4) is 0 Å². The number of likely N-dealkylation sites (tertiary alicyclic amines) is 1. The van der Waals surface area contributed by atoms with Crippen molar-refractivity contribution in [1.82, 2.24) is 9.88 Å². The van der Waals surface area contributed by atoms with Gasteiger partial charge in [0.2, 0.25) is 5.91 Å². The normalized spacial score (nSPS) is 20.2. The zero-order chi connectivity index (χ0) is 13.3. The summed E-state index contributed by atoms with van der Waals surface area (Å²) in [4.78, 5) is 28.3. The van der Waals surface area contributed by atoms with Crippen molar-refractivity contribution >= 4 is 40.8 Å². The van der Waals surface area contributed by atoms with Crippen LogP contribution in [0.5, 0.6) is 0 Å². The van der Waals surface area contributed by atoms with Gasteiger partial charge in [-0.15, -0.1) is 0 Å². The molecule has 0 saturated carbocycles. The Hall–Kier alpha value is -1.33. The van der Waals surface area contributed by atoms with E-state index in [2.05, 4.69) is 10.3 Å². The van der Waals surface area contributed by atoms with Gasteiger partial charge in [0, 0.05) is 19.7 Å². The van der Waals surface area contributed by atoms with Crippen LogP contribution in [0.4, 0.5) is 5.82 Å². The first kappa shape index (κ1) is 13.1. The molecule has 2 heterocycles. The SMILES string of the molecule is CN1C(=O)CCC(Nc2ncc(Cl)cc2Cl)C1=O. The molecule has 0 aliphatic carbocycles. The number of carbonyl (C=O) groups excluding carboxylic acids is 2. The number of anilines is 1. The molecule has 1 aliphatic rings. The highest BCUT2D eigenvalue weighted by Crippen LogP contribution is 2.25. The number of aromatic nitrogens is 1. The maximum Gasteiger partial charge on any atom is 0.251 e. The number of imide groups is 1. The summed E-state index contributed by atoms with van der Waals surface area (Å²) < 4.78 is 0. The Morgan fingerprint density at radius 3 is 2.83 bits per heavy atom. The smallest absolute Gasteiger partial charge is 0.251 e. The van der Waals surface area contributed by atoms with Crippen molar-refractivity contribution in [2.24, 2.45) is 0 Å². The summed E-state index contributed by atoms with van der Waals surface area (Å²) in [6, 6.07) is 1.06. The van der Waals surface area contributed by atoms with Gasteiger partial charge in [-0.1, -0.05) is 23.2 Å². The molecule has 1 fully saturated rings. The molecule has 1 atom stereocenters. The number of nitrogens with one attached hydrogen (secondary N) is 1. The fraction of sp³-hybridized carbons (Fsp3) is 0.364. The summed E-state index contributed by atoms with van der Waals surface area (Å²) in [5.41, 5.74) is 0. The maximum absolute atomic E-state index is 11.9. The van der Waals surface area contributed by atoms with Crippen LogP contribution in [-0.4, -0.2) is 34.8 Å². The highest BCUT2D eigenvalue weighted by atomic mass is 35.5. The van der Waals surface area contributed by atoms with Crippen LogP contribution in [0.2, 0.25) is 10.0 Å². The number of hydrogen-bond acceptors (Lipinski definition) is 4. The minimum absolute atomic E-state index is 0.173. The third-order valence-electron chi connectivity index (χ3n) is 2.77. The van der Waals surface area contributed by atoms with E-state index in [-0.39, 0.29) is 11.8 Å². The van der Waals surface area contributed by atoms with Gasteiger partial charge in [-0.2, -0.15) is 0 Å². The lowest BCUT2D eigenvalue weighted by Crippen LogP contribution is -2.48. The second kappa shape index (κ2) is 5.12. The van der Waals surface area contributed by atoms with E-state index < -0.39 is 6.04 Å². The molecule has 1 N–H and O–H groups in total. The summed E-state index contributed by atoms with van der Waals surface area (Å²) in [5, 5.41) is 3.70. The Kier molecular flexibility index (Phi) is 3.73. The summed E-state index contributed by atoms with van der Waals surface area (Å²) in [6.07, 6.45) is 2.20. The number of amides is 2. The number of carbonyl (C=O) groups is 2. The Morgan fingerprint density at radius 2 is 2.17 bits per heavy atom. The van der Waals surface area contributed by atoms with E-state index in [0.29, 0.717) is 28.7 Å². The van der Waals surface area contributed by atoms with E-state index >= 15 is 0 Å². The number of piperidine rings is 1. The summed E-state index contributed by atoms with van der Waals surface area (Å²) in [7, 11) is 1.47. The predicted molar refractivity (Wildman–Crippen MR) is 68.7 cm³/mol. The van der Waals surface area contributed by atoms with Gasteiger partial charge in [0.05, 0.1) is 10.0 Å². The Bertz CT molecular complexity index is 507. The molecule has 96 valence electrons. The van der Waals surface area contributed by atoms with Crippen LogP contribution in [0.15, 0.2) is 12.3 Å². The molecule has 2 rings (SSSR count). The van der Waals surface area contributed by atoms with E-state index in [0.717, 1.165) is 4.90 Å². The third kappa shape index (κ3) is 2.57. The van der Waals surface area contributed by atoms with Gasteiger partial charge in [-0.05, 0) is 12.5 Å². The molecule has 1 aliphatic heterocycles. The maximum atomic E-state index is 11.9. The highest BCUT2D eigenvalue weighted by Gasteiger charge is 2.32. The van der Waals surface area contributed by atoms with Crippen molar-refractivity contribution in [1.29, 1.82) is 0 Å². The second-order valence-electron chi connectivity index (χ2n) is 4.01. The lowest BCUT2D eigenvalue weighted by atomic mass is 10.0. The molecule has 7 heteroatoms. The summed E-state index contributed by atoms with van der Waals surface area (Å²) in [5.74, 6) is -0.0607. The zero-order valence-corrected chi connectivity index (χ0v) is 11.1. The van der Waals surface area contributed by atoms with Gasteiger partial charge in [0.25, 0.3) is 5.91 Å². The molecular formula is C11H11Cl2N3O2. The number of halogens is 2. The average molecular weight is 288 g/mol. The van der Waals surface area contributed by atoms with Crippen LogP contribution < -0.4 is 5.32 Å². The van der Waals surface area contributed by atoms with Crippen molar-refractivity contribution in [3.05, 3.63) is 22.3 Å². The molecule has 1 saturated heterocycles. The van der Waals surface area contributed by atoms with Crippen molar-refractivity contribution in [2.45, 2.75) is 18.9 Å². The molecule has 18 heavy (non-hydrogen) atoms. The first-order valence-electron chi connectivity index (χ1n) is 5.37. The van der Waals surface area contributed by atoms with Gasteiger partial charge in [-0.25, -0.2) is 4.98 Å². The largest absolute Gasteiger partial charge is 0.357 e. The fourth-order valence-corrected chi connectivity index (χ4v) is 2.17. The number of likely N-dealkylation sites (N-methyl/N-ethyl adjacent to an activating group) is 1.